The fourth-order valence-corrected chi connectivity index (χ4v) is 2.86. The molecule has 0 N–H and O–H groups in total. The van der Waals surface area contributed by atoms with E-state index in [2.05, 4.69) is 50.3 Å². The number of hydrogen-bond acceptors (Lipinski definition) is 0. The van der Waals surface area contributed by atoms with Crippen molar-refractivity contribution in [3.8, 4) is 0 Å². The van der Waals surface area contributed by atoms with Gasteiger partial charge in [0.15, 0.2) is 0 Å². The van der Waals surface area contributed by atoms with Crippen molar-refractivity contribution in [2.75, 3.05) is 0 Å². The second-order valence-corrected chi connectivity index (χ2v) is 5.60. The molecule has 1 fully saturated rings. The molecule has 0 bridgehead atoms. The molecule has 2 unspecified atom stereocenters. The summed E-state index contributed by atoms with van der Waals surface area (Å²) in [6, 6.07) is 11.0. The van der Waals surface area contributed by atoms with Crippen molar-refractivity contribution >= 4 is 0 Å². The molecule has 18 heavy (non-hydrogen) atoms. The second-order valence-electron chi connectivity index (χ2n) is 5.60. The summed E-state index contributed by atoms with van der Waals surface area (Å²) in [6.45, 7) is 4.65. The third-order valence-electron chi connectivity index (χ3n) is 4.34. The highest BCUT2D eigenvalue weighted by Gasteiger charge is 2.16. The molecule has 0 aliphatic heterocycles. The van der Waals surface area contributed by atoms with Gasteiger partial charge < -0.3 is 0 Å². The van der Waals surface area contributed by atoms with Crippen LogP contribution in [0.1, 0.15) is 63.9 Å². The van der Waals surface area contributed by atoms with Crippen LogP contribution in [0, 0.1) is 5.92 Å². The van der Waals surface area contributed by atoms with Crippen LogP contribution in [-0.2, 0) is 0 Å². The Bertz CT molecular complexity index is 368. The molecule has 0 saturated heterocycles. The van der Waals surface area contributed by atoms with Gasteiger partial charge in [-0.05, 0) is 55.9 Å². The highest BCUT2D eigenvalue weighted by molar-refractivity contribution is 5.20. The molecule has 0 heterocycles. The summed E-state index contributed by atoms with van der Waals surface area (Å²) in [5.74, 6) is 1.51. The summed E-state index contributed by atoms with van der Waals surface area (Å²) in [5, 5.41) is 0. The van der Waals surface area contributed by atoms with Crippen LogP contribution in [0.2, 0.25) is 0 Å². The van der Waals surface area contributed by atoms with Crippen LogP contribution >= 0.6 is 0 Å². The fraction of sp³-hybridized carbons (Fsp3) is 0.556. The average molecular weight is 242 g/mol. The molecule has 0 aromatic heterocycles. The summed E-state index contributed by atoms with van der Waals surface area (Å²) >= 11 is 0. The average Bonchev–Trinajstić information content (AvgIpc) is 2.38. The monoisotopic (exact) mass is 242 g/mol. The van der Waals surface area contributed by atoms with Gasteiger partial charge in [-0.25, -0.2) is 0 Å². The van der Waals surface area contributed by atoms with Crippen LogP contribution in [0.4, 0.5) is 0 Å². The van der Waals surface area contributed by atoms with E-state index >= 15 is 0 Å². The van der Waals surface area contributed by atoms with Crippen LogP contribution in [0.5, 0.6) is 0 Å². The minimum atomic E-state index is 0.730. The van der Waals surface area contributed by atoms with Crippen LogP contribution in [0.25, 0.3) is 0 Å². The van der Waals surface area contributed by atoms with Gasteiger partial charge in [-0.3, -0.25) is 0 Å². The van der Waals surface area contributed by atoms with Crippen LogP contribution in [0.15, 0.2) is 42.0 Å². The molecule has 1 aromatic rings. The van der Waals surface area contributed by atoms with Crippen LogP contribution < -0.4 is 0 Å². The van der Waals surface area contributed by atoms with E-state index in [1.807, 2.05) is 0 Å². The summed E-state index contributed by atoms with van der Waals surface area (Å²) in [7, 11) is 0. The lowest BCUT2D eigenvalue weighted by atomic mass is 9.82. The first kappa shape index (κ1) is 13.4. The molecule has 0 spiro atoms. The van der Waals surface area contributed by atoms with Gasteiger partial charge in [0.05, 0.1) is 0 Å². The molecule has 98 valence electrons. The Morgan fingerprint density at radius 3 is 2.28 bits per heavy atom. The SMILES string of the molecule is CCC(C=C1CCC1)CC(CC)c1ccccc1. The lowest BCUT2D eigenvalue weighted by molar-refractivity contribution is 0.476. The first-order valence-corrected chi connectivity index (χ1v) is 7.58. The third-order valence-corrected chi connectivity index (χ3v) is 4.34. The highest BCUT2D eigenvalue weighted by atomic mass is 14.2. The maximum atomic E-state index is 2.58. The Hall–Kier alpha value is -1.04. The predicted octanol–water partition coefficient (Wildman–Crippen LogP) is 5.71. The summed E-state index contributed by atoms with van der Waals surface area (Å²) < 4.78 is 0. The quantitative estimate of drug-likeness (QED) is 0.561. The van der Waals surface area contributed by atoms with E-state index in [9.17, 15) is 0 Å². The first-order chi connectivity index (χ1) is 8.83. The van der Waals surface area contributed by atoms with Gasteiger partial charge in [-0.15, -0.1) is 0 Å². The standard InChI is InChI=1S/C18H26/c1-3-15(13-16-9-8-10-16)14-17(4-2)18-11-6-5-7-12-18/h5-7,11-13,15,17H,3-4,8-10,14H2,1-2H3. The smallest absolute Gasteiger partial charge is 0.0159 e. The number of hydrogen-bond donors (Lipinski definition) is 0. The zero-order chi connectivity index (χ0) is 12.8. The number of rotatable bonds is 6. The lowest BCUT2D eigenvalue weighted by Crippen LogP contribution is -2.07. The second kappa shape index (κ2) is 6.78. The molecule has 2 atom stereocenters. The van der Waals surface area contributed by atoms with Crippen molar-refractivity contribution in [2.24, 2.45) is 5.92 Å². The molecule has 1 saturated carbocycles. The minimum Gasteiger partial charge on any atom is -0.0822 e. The molecular weight excluding hydrogens is 216 g/mol. The number of benzene rings is 1. The molecule has 1 aliphatic rings. The maximum Gasteiger partial charge on any atom is -0.0159 e. The van der Waals surface area contributed by atoms with E-state index in [0.717, 1.165) is 11.8 Å². The molecule has 1 aliphatic carbocycles. The van der Waals surface area contributed by atoms with Crippen molar-refractivity contribution in [1.29, 1.82) is 0 Å². The summed E-state index contributed by atoms with van der Waals surface area (Å²) in [5.41, 5.74) is 3.23. The predicted molar refractivity (Wildman–Crippen MR) is 79.8 cm³/mol. The minimum absolute atomic E-state index is 0.730. The van der Waals surface area contributed by atoms with Gasteiger partial charge in [-0.1, -0.05) is 55.8 Å². The van der Waals surface area contributed by atoms with Crippen molar-refractivity contribution in [3.05, 3.63) is 47.5 Å². The lowest BCUT2D eigenvalue weighted by Gasteiger charge is -2.23. The van der Waals surface area contributed by atoms with Crippen molar-refractivity contribution in [3.63, 3.8) is 0 Å². The van der Waals surface area contributed by atoms with Gasteiger partial charge in [0.25, 0.3) is 0 Å². The van der Waals surface area contributed by atoms with Gasteiger partial charge in [0.2, 0.25) is 0 Å². The van der Waals surface area contributed by atoms with Gasteiger partial charge >= 0.3 is 0 Å². The fourth-order valence-electron chi connectivity index (χ4n) is 2.86. The zero-order valence-corrected chi connectivity index (χ0v) is 11.9. The van der Waals surface area contributed by atoms with E-state index in [0.29, 0.717) is 0 Å². The van der Waals surface area contributed by atoms with E-state index in [1.54, 1.807) is 5.57 Å². The zero-order valence-electron chi connectivity index (χ0n) is 11.9. The molecule has 0 heteroatoms. The van der Waals surface area contributed by atoms with E-state index in [1.165, 1.54) is 44.1 Å². The largest absolute Gasteiger partial charge is 0.0822 e. The van der Waals surface area contributed by atoms with Crippen LogP contribution in [-0.4, -0.2) is 0 Å². The topological polar surface area (TPSA) is 0 Å². The molecule has 0 amide bonds. The third kappa shape index (κ3) is 3.48. The summed E-state index contributed by atoms with van der Waals surface area (Å²) in [6.07, 6.45) is 10.6. The molecule has 0 nitrogen and oxygen atoms in total. The van der Waals surface area contributed by atoms with Crippen LogP contribution in [0.3, 0.4) is 0 Å². The van der Waals surface area contributed by atoms with E-state index in [-0.39, 0.29) is 0 Å². The maximum absolute atomic E-state index is 2.58. The Balaban J connectivity index is 2.00. The molecular formula is C18H26. The van der Waals surface area contributed by atoms with Gasteiger partial charge in [0, 0.05) is 0 Å². The van der Waals surface area contributed by atoms with Crippen molar-refractivity contribution in [1.82, 2.24) is 0 Å². The molecule has 1 aromatic carbocycles. The Kier molecular flexibility index (Phi) is 5.04. The van der Waals surface area contributed by atoms with E-state index < -0.39 is 0 Å². The first-order valence-electron chi connectivity index (χ1n) is 7.58. The Morgan fingerprint density at radius 1 is 1.06 bits per heavy atom. The Labute approximate surface area is 112 Å². The normalized spacial score (nSPS) is 18.0. The van der Waals surface area contributed by atoms with Crippen molar-refractivity contribution in [2.45, 2.75) is 58.3 Å². The highest BCUT2D eigenvalue weighted by Crippen LogP contribution is 2.33. The van der Waals surface area contributed by atoms with Crippen molar-refractivity contribution < 1.29 is 0 Å². The van der Waals surface area contributed by atoms with Gasteiger partial charge in [0.1, 0.15) is 0 Å². The van der Waals surface area contributed by atoms with Gasteiger partial charge in [-0.2, -0.15) is 0 Å². The van der Waals surface area contributed by atoms with E-state index in [4.69, 9.17) is 0 Å². The Morgan fingerprint density at radius 2 is 1.78 bits per heavy atom. The number of allylic oxidation sites excluding steroid dienone is 2. The summed E-state index contributed by atoms with van der Waals surface area (Å²) in [4.78, 5) is 0. The molecule has 2 rings (SSSR count). The molecule has 0 radical (unpaired) electrons.